The molecule has 0 saturated carbocycles. The maximum atomic E-state index is 5.52. The first kappa shape index (κ1) is 10.8. The summed E-state index contributed by atoms with van der Waals surface area (Å²) >= 11 is 1.48. The lowest BCUT2D eigenvalue weighted by Gasteiger charge is -2.09. The highest BCUT2D eigenvalue weighted by atomic mass is 32.1. The zero-order chi connectivity index (χ0) is 11.4. The van der Waals surface area contributed by atoms with E-state index in [4.69, 9.17) is 14.2 Å². The number of benzene rings is 1. The summed E-state index contributed by atoms with van der Waals surface area (Å²) in [5.41, 5.74) is 1.72. The quantitative estimate of drug-likeness (QED) is 0.819. The minimum Gasteiger partial charge on any atom is -0.493 e. The Labute approximate surface area is 97.4 Å². The summed E-state index contributed by atoms with van der Waals surface area (Å²) in [5, 5.41) is 1.83. The van der Waals surface area contributed by atoms with Crippen LogP contribution in [-0.2, 0) is 0 Å². The van der Waals surface area contributed by atoms with Gasteiger partial charge in [0.25, 0.3) is 0 Å². The molecule has 1 heterocycles. The lowest BCUT2D eigenvalue weighted by atomic mass is 10.3. The van der Waals surface area contributed by atoms with Crippen molar-refractivity contribution in [3.63, 3.8) is 0 Å². The number of ether oxygens (including phenoxy) is 3. The van der Waals surface area contributed by atoms with Crippen molar-refractivity contribution in [2.24, 2.45) is 0 Å². The average molecular weight is 237 g/mol. The molecule has 0 aliphatic rings. The third-order valence-electron chi connectivity index (χ3n) is 1.99. The maximum Gasteiger partial charge on any atom is 0.230 e. The van der Waals surface area contributed by atoms with Gasteiger partial charge in [-0.2, -0.15) is 0 Å². The largest absolute Gasteiger partial charge is 0.493 e. The molecule has 0 radical (unpaired) electrons. The Kier molecular flexibility index (Phi) is 3.26. The summed E-state index contributed by atoms with van der Waals surface area (Å²) in [7, 11) is 3.18. The summed E-state index contributed by atoms with van der Waals surface area (Å²) < 4.78 is 15.8. The normalized spacial score (nSPS) is 9.88. The van der Waals surface area contributed by atoms with Crippen molar-refractivity contribution in [2.45, 2.75) is 0 Å². The first-order valence-electron chi connectivity index (χ1n) is 4.61. The van der Waals surface area contributed by atoms with Crippen LogP contribution in [0.3, 0.4) is 0 Å². The van der Waals surface area contributed by atoms with Crippen molar-refractivity contribution in [1.29, 1.82) is 0 Å². The highest BCUT2D eigenvalue weighted by Gasteiger charge is 2.06. The van der Waals surface area contributed by atoms with Crippen LogP contribution >= 0.6 is 11.3 Å². The van der Waals surface area contributed by atoms with E-state index in [0.717, 1.165) is 0 Å². The van der Waals surface area contributed by atoms with Crippen molar-refractivity contribution >= 4 is 11.3 Å². The fourth-order valence-corrected chi connectivity index (χ4v) is 1.70. The Bertz CT molecular complexity index is 456. The number of hydrogen-bond acceptors (Lipinski definition) is 5. The molecule has 0 saturated heterocycles. The minimum absolute atomic E-state index is 0.581. The second-order valence-electron chi connectivity index (χ2n) is 2.95. The smallest absolute Gasteiger partial charge is 0.230 e. The van der Waals surface area contributed by atoms with Crippen LogP contribution in [-0.4, -0.2) is 19.2 Å². The molecule has 0 spiro atoms. The van der Waals surface area contributed by atoms with Crippen LogP contribution in [0.4, 0.5) is 0 Å². The molecule has 2 aromatic rings. The third kappa shape index (κ3) is 2.25. The highest BCUT2D eigenvalue weighted by molar-refractivity contribution is 7.07. The topological polar surface area (TPSA) is 40.6 Å². The molecular formula is C11H11NO3S. The van der Waals surface area contributed by atoms with Gasteiger partial charge in [-0.15, -0.1) is 11.3 Å². The van der Waals surface area contributed by atoms with E-state index in [-0.39, 0.29) is 0 Å². The van der Waals surface area contributed by atoms with Gasteiger partial charge in [-0.1, -0.05) is 0 Å². The van der Waals surface area contributed by atoms with Crippen LogP contribution < -0.4 is 14.2 Å². The number of rotatable bonds is 4. The second kappa shape index (κ2) is 4.85. The Morgan fingerprint density at radius 3 is 2.56 bits per heavy atom. The number of aromatic nitrogens is 1. The molecule has 0 amide bonds. The molecule has 1 aromatic heterocycles. The lowest BCUT2D eigenvalue weighted by Crippen LogP contribution is -1.91. The summed E-state index contributed by atoms with van der Waals surface area (Å²) in [6.07, 6.45) is 0. The Morgan fingerprint density at radius 2 is 1.94 bits per heavy atom. The molecule has 0 atom stereocenters. The van der Waals surface area contributed by atoms with E-state index in [9.17, 15) is 0 Å². The van der Waals surface area contributed by atoms with Crippen LogP contribution in [0.25, 0.3) is 0 Å². The van der Waals surface area contributed by atoms with Gasteiger partial charge >= 0.3 is 0 Å². The summed E-state index contributed by atoms with van der Waals surface area (Å²) in [6, 6.07) is 5.36. The van der Waals surface area contributed by atoms with Gasteiger partial charge in [0, 0.05) is 6.07 Å². The number of thiazole rings is 1. The van der Waals surface area contributed by atoms with Crippen LogP contribution in [0.1, 0.15) is 0 Å². The van der Waals surface area contributed by atoms with E-state index in [1.165, 1.54) is 11.3 Å². The van der Waals surface area contributed by atoms with Gasteiger partial charge in [0.05, 0.1) is 25.1 Å². The standard InChI is InChI=1S/C11H11NO3S/c1-13-9-4-3-8(5-10(9)14-2)15-11-6-16-7-12-11/h3-7H,1-2H3. The van der Waals surface area contributed by atoms with Gasteiger partial charge in [-0.25, -0.2) is 4.98 Å². The van der Waals surface area contributed by atoms with Gasteiger partial charge in [0.1, 0.15) is 5.75 Å². The summed E-state index contributed by atoms with van der Waals surface area (Å²) in [6.45, 7) is 0. The lowest BCUT2D eigenvalue weighted by molar-refractivity contribution is 0.351. The molecule has 4 nitrogen and oxygen atoms in total. The van der Waals surface area contributed by atoms with Gasteiger partial charge < -0.3 is 14.2 Å². The minimum atomic E-state index is 0.581. The Hall–Kier alpha value is -1.75. The molecule has 0 aliphatic carbocycles. The fraction of sp³-hybridized carbons (Fsp3) is 0.182. The first-order valence-corrected chi connectivity index (χ1v) is 5.56. The molecule has 2 rings (SSSR count). The van der Waals surface area contributed by atoms with Crippen molar-refractivity contribution < 1.29 is 14.2 Å². The van der Waals surface area contributed by atoms with Crippen LogP contribution in [0.5, 0.6) is 23.1 Å². The van der Waals surface area contributed by atoms with Crippen LogP contribution in [0.15, 0.2) is 29.1 Å². The van der Waals surface area contributed by atoms with Crippen molar-refractivity contribution in [3.05, 3.63) is 29.1 Å². The van der Waals surface area contributed by atoms with Crippen molar-refractivity contribution in [1.82, 2.24) is 4.98 Å². The number of hydrogen-bond donors (Lipinski definition) is 0. The Balaban J connectivity index is 2.22. The van der Waals surface area contributed by atoms with E-state index in [2.05, 4.69) is 4.98 Å². The molecular weight excluding hydrogens is 226 g/mol. The van der Waals surface area contributed by atoms with Gasteiger partial charge in [-0.3, -0.25) is 0 Å². The van der Waals surface area contributed by atoms with E-state index in [1.54, 1.807) is 37.9 Å². The van der Waals surface area contributed by atoms with Crippen LogP contribution in [0.2, 0.25) is 0 Å². The summed E-state index contributed by atoms with van der Waals surface area (Å²) in [5.74, 6) is 2.56. The number of methoxy groups -OCH3 is 2. The van der Waals surface area contributed by atoms with E-state index >= 15 is 0 Å². The molecule has 5 heteroatoms. The molecule has 1 aromatic carbocycles. The summed E-state index contributed by atoms with van der Waals surface area (Å²) in [4.78, 5) is 4.03. The first-order chi connectivity index (χ1) is 7.83. The average Bonchev–Trinajstić information content (AvgIpc) is 2.81. The van der Waals surface area contributed by atoms with Crippen molar-refractivity contribution in [2.75, 3.05) is 14.2 Å². The second-order valence-corrected chi connectivity index (χ2v) is 3.66. The molecule has 0 unspecified atom stereocenters. The zero-order valence-electron chi connectivity index (χ0n) is 8.97. The molecule has 16 heavy (non-hydrogen) atoms. The molecule has 0 aliphatic heterocycles. The van der Waals surface area contributed by atoms with E-state index in [1.807, 2.05) is 5.38 Å². The Morgan fingerprint density at radius 1 is 1.12 bits per heavy atom. The SMILES string of the molecule is COc1ccc(Oc2cscn2)cc1OC. The zero-order valence-corrected chi connectivity index (χ0v) is 9.78. The molecule has 0 N–H and O–H groups in total. The van der Waals surface area contributed by atoms with Gasteiger partial charge in [0.2, 0.25) is 5.88 Å². The number of nitrogens with zero attached hydrogens (tertiary/aromatic N) is 1. The predicted molar refractivity (Wildman–Crippen MR) is 61.7 cm³/mol. The molecule has 0 bridgehead atoms. The maximum absolute atomic E-state index is 5.52. The molecule has 84 valence electrons. The van der Waals surface area contributed by atoms with Gasteiger partial charge in [0.15, 0.2) is 11.5 Å². The third-order valence-corrected chi connectivity index (χ3v) is 2.55. The predicted octanol–water partition coefficient (Wildman–Crippen LogP) is 2.95. The van der Waals surface area contributed by atoms with Crippen LogP contribution in [0, 0.1) is 0 Å². The monoisotopic (exact) mass is 237 g/mol. The fourth-order valence-electron chi connectivity index (χ4n) is 1.25. The highest BCUT2D eigenvalue weighted by Crippen LogP contribution is 2.32. The van der Waals surface area contributed by atoms with Gasteiger partial charge in [-0.05, 0) is 12.1 Å². The molecule has 0 fully saturated rings. The van der Waals surface area contributed by atoms with E-state index < -0.39 is 0 Å². The van der Waals surface area contributed by atoms with Crippen molar-refractivity contribution in [3.8, 4) is 23.1 Å². The van der Waals surface area contributed by atoms with E-state index in [0.29, 0.717) is 23.1 Å².